The standard InChI is InChI=1S/C25H35N3O4/c1-3-25(13-7-12-19-21(25)22(26)20(24(30)31)16(2)27-19)32-15-18-11-8-14-28(18)23(29)17-9-5-4-6-10-17/h7,12-13,17-18,27H,3-6,8-11,14-15,26H2,1-2H3,(H,30,31). The van der Waals surface area contributed by atoms with Crippen molar-refractivity contribution >= 4 is 11.9 Å². The van der Waals surface area contributed by atoms with E-state index in [1.54, 1.807) is 6.92 Å². The molecule has 7 heteroatoms. The third kappa shape index (κ3) is 3.98. The summed E-state index contributed by atoms with van der Waals surface area (Å²) >= 11 is 0. The smallest absolute Gasteiger partial charge is 0.339 e. The maximum atomic E-state index is 13.2. The molecule has 4 rings (SSSR count). The number of nitrogens with one attached hydrogen (secondary N) is 1. The molecule has 2 atom stereocenters. The number of ether oxygens (including phenoxy) is 1. The van der Waals surface area contributed by atoms with Crippen molar-refractivity contribution in [3.05, 3.63) is 46.5 Å². The topological polar surface area (TPSA) is 105 Å². The van der Waals surface area contributed by atoms with Gasteiger partial charge in [-0.25, -0.2) is 4.79 Å². The molecule has 0 aromatic heterocycles. The molecule has 2 aliphatic heterocycles. The molecular weight excluding hydrogens is 406 g/mol. The van der Waals surface area contributed by atoms with E-state index in [1.807, 2.05) is 30.1 Å². The van der Waals surface area contributed by atoms with Gasteiger partial charge in [-0.2, -0.15) is 0 Å². The lowest BCUT2D eigenvalue weighted by Crippen LogP contribution is -2.47. The van der Waals surface area contributed by atoms with Crippen molar-refractivity contribution in [2.24, 2.45) is 11.7 Å². The Morgan fingerprint density at radius 2 is 2.00 bits per heavy atom. The van der Waals surface area contributed by atoms with Gasteiger partial charge in [0.2, 0.25) is 5.91 Å². The number of carboxylic acid groups (broad SMARTS) is 1. The fraction of sp³-hybridized carbons (Fsp3) is 0.600. The highest BCUT2D eigenvalue weighted by atomic mass is 16.5. The summed E-state index contributed by atoms with van der Waals surface area (Å²) in [4.78, 5) is 27.1. The zero-order chi connectivity index (χ0) is 22.9. The highest BCUT2D eigenvalue weighted by Crippen LogP contribution is 2.41. The number of nitrogens with two attached hydrogens (primary N) is 1. The molecule has 32 heavy (non-hydrogen) atoms. The molecule has 7 nitrogen and oxygen atoms in total. The van der Waals surface area contributed by atoms with Gasteiger partial charge >= 0.3 is 5.97 Å². The molecule has 2 fully saturated rings. The van der Waals surface area contributed by atoms with Gasteiger partial charge in [0.05, 0.1) is 18.3 Å². The number of carbonyl (C=O) groups excluding carboxylic acids is 1. The van der Waals surface area contributed by atoms with Crippen LogP contribution in [0, 0.1) is 5.92 Å². The molecule has 0 bridgehead atoms. The predicted octanol–water partition coefficient (Wildman–Crippen LogP) is 3.35. The van der Waals surface area contributed by atoms with Gasteiger partial charge < -0.3 is 25.8 Å². The Kier molecular flexibility index (Phi) is 6.47. The average Bonchev–Trinajstić information content (AvgIpc) is 3.26. The highest BCUT2D eigenvalue weighted by Gasteiger charge is 2.42. The summed E-state index contributed by atoms with van der Waals surface area (Å²) in [6, 6.07) is 0.0465. The van der Waals surface area contributed by atoms with Crippen molar-refractivity contribution in [2.75, 3.05) is 13.2 Å². The van der Waals surface area contributed by atoms with Crippen molar-refractivity contribution in [1.82, 2.24) is 10.2 Å². The first kappa shape index (κ1) is 22.6. The molecule has 1 amide bonds. The quantitative estimate of drug-likeness (QED) is 0.584. The summed E-state index contributed by atoms with van der Waals surface area (Å²) in [5.74, 6) is -0.620. The Labute approximate surface area is 190 Å². The van der Waals surface area contributed by atoms with E-state index in [0.717, 1.165) is 50.8 Å². The summed E-state index contributed by atoms with van der Waals surface area (Å²) < 4.78 is 6.56. The van der Waals surface area contributed by atoms with Crippen LogP contribution in [0.4, 0.5) is 0 Å². The zero-order valence-corrected chi connectivity index (χ0v) is 19.2. The summed E-state index contributed by atoms with van der Waals surface area (Å²) in [5, 5.41) is 12.9. The van der Waals surface area contributed by atoms with Crippen LogP contribution in [0.25, 0.3) is 0 Å². The number of carbonyl (C=O) groups is 2. The van der Waals surface area contributed by atoms with E-state index >= 15 is 0 Å². The van der Waals surface area contributed by atoms with E-state index in [1.165, 1.54) is 6.42 Å². The highest BCUT2D eigenvalue weighted by molar-refractivity contribution is 5.94. The Hall–Kier alpha value is -2.54. The molecule has 2 heterocycles. The Balaban J connectivity index is 1.56. The van der Waals surface area contributed by atoms with Gasteiger partial charge in [0.15, 0.2) is 0 Å². The lowest BCUT2D eigenvalue weighted by Gasteiger charge is -2.41. The van der Waals surface area contributed by atoms with Crippen LogP contribution in [0.1, 0.15) is 65.2 Å². The SMILES string of the molecule is CCC1(OCC2CCCN2C(=O)C2CCCCC2)C=CC=C2NC(C)=C(C(=O)O)C(N)=C21. The minimum Gasteiger partial charge on any atom is -0.478 e. The molecule has 0 spiro atoms. The Bertz CT molecular complexity index is 910. The zero-order valence-electron chi connectivity index (χ0n) is 19.2. The second-order valence-electron chi connectivity index (χ2n) is 9.37. The van der Waals surface area contributed by atoms with E-state index < -0.39 is 11.6 Å². The van der Waals surface area contributed by atoms with E-state index in [2.05, 4.69) is 5.32 Å². The van der Waals surface area contributed by atoms with Gasteiger partial charge in [-0.3, -0.25) is 4.79 Å². The number of hydrogen-bond acceptors (Lipinski definition) is 5. The molecule has 0 aromatic rings. The van der Waals surface area contributed by atoms with Gasteiger partial charge in [-0.15, -0.1) is 0 Å². The molecule has 0 radical (unpaired) electrons. The Morgan fingerprint density at radius 3 is 2.69 bits per heavy atom. The van der Waals surface area contributed by atoms with Gasteiger partial charge in [-0.05, 0) is 51.2 Å². The molecule has 4 aliphatic rings. The fourth-order valence-corrected chi connectivity index (χ4v) is 5.68. The molecule has 2 unspecified atom stereocenters. The van der Waals surface area contributed by atoms with Gasteiger partial charge in [-0.1, -0.05) is 32.3 Å². The first-order chi connectivity index (χ1) is 15.4. The van der Waals surface area contributed by atoms with Gasteiger partial charge in [0, 0.05) is 29.4 Å². The van der Waals surface area contributed by atoms with Crippen LogP contribution in [0.5, 0.6) is 0 Å². The number of allylic oxidation sites excluding steroid dienone is 3. The van der Waals surface area contributed by atoms with Crippen molar-refractivity contribution in [3.63, 3.8) is 0 Å². The van der Waals surface area contributed by atoms with Crippen LogP contribution < -0.4 is 11.1 Å². The van der Waals surface area contributed by atoms with Crippen LogP contribution in [-0.4, -0.2) is 46.7 Å². The summed E-state index contributed by atoms with van der Waals surface area (Å²) in [6.07, 6.45) is 13.8. The number of hydrogen-bond donors (Lipinski definition) is 3. The molecule has 4 N–H and O–H groups in total. The number of fused-ring (bicyclic) bond motifs is 1. The largest absolute Gasteiger partial charge is 0.478 e. The van der Waals surface area contributed by atoms with E-state index in [4.69, 9.17) is 10.5 Å². The lowest BCUT2D eigenvalue weighted by molar-refractivity contribution is -0.139. The maximum Gasteiger partial charge on any atom is 0.339 e. The van der Waals surface area contributed by atoms with Gasteiger partial charge in [0.1, 0.15) is 11.2 Å². The van der Waals surface area contributed by atoms with E-state index in [0.29, 0.717) is 24.3 Å². The maximum absolute atomic E-state index is 13.2. The van der Waals surface area contributed by atoms with Crippen LogP contribution >= 0.6 is 0 Å². The monoisotopic (exact) mass is 441 g/mol. The second kappa shape index (κ2) is 9.14. The third-order valence-corrected chi connectivity index (χ3v) is 7.44. The fourth-order valence-electron chi connectivity index (χ4n) is 5.68. The van der Waals surface area contributed by atoms with Crippen molar-refractivity contribution in [2.45, 2.75) is 76.9 Å². The van der Waals surface area contributed by atoms with Gasteiger partial charge in [0.25, 0.3) is 0 Å². The number of dihydropyridines is 1. The van der Waals surface area contributed by atoms with E-state index in [9.17, 15) is 14.7 Å². The van der Waals surface area contributed by atoms with Crippen molar-refractivity contribution in [3.8, 4) is 0 Å². The minimum atomic E-state index is -1.06. The van der Waals surface area contributed by atoms with E-state index in [-0.39, 0.29) is 29.1 Å². The molecule has 174 valence electrons. The number of nitrogens with zero attached hydrogens (tertiary/aromatic N) is 1. The van der Waals surface area contributed by atoms with Crippen LogP contribution in [-0.2, 0) is 14.3 Å². The number of carboxylic acids is 1. The first-order valence-electron chi connectivity index (χ1n) is 11.9. The van der Waals surface area contributed by atoms with Crippen molar-refractivity contribution < 1.29 is 19.4 Å². The number of rotatable bonds is 6. The average molecular weight is 442 g/mol. The minimum absolute atomic E-state index is 0.0465. The number of amides is 1. The normalized spacial score (nSPS) is 28.5. The molecular formula is C25H35N3O4. The van der Waals surface area contributed by atoms with Crippen LogP contribution in [0.15, 0.2) is 46.5 Å². The van der Waals surface area contributed by atoms with Crippen molar-refractivity contribution in [1.29, 1.82) is 0 Å². The summed E-state index contributed by atoms with van der Waals surface area (Å²) in [7, 11) is 0. The number of likely N-dealkylation sites (tertiary alicyclic amines) is 1. The molecule has 1 saturated heterocycles. The van der Waals surface area contributed by atoms with Crippen LogP contribution in [0.2, 0.25) is 0 Å². The third-order valence-electron chi connectivity index (χ3n) is 7.44. The summed E-state index contributed by atoms with van der Waals surface area (Å²) in [6.45, 7) is 4.93. The molecule has 2 aliphatic carbocycles. The first-order valence-corrected chi connectivity index (χ1v) is 11.9. The number of aliphatic carboxylic acids is 1. The summed E-state index contributed by atoms with van der Waals surface area (Å²) in [5.41, 5.74) is 7.88. The second-order valence-corrected chi connectivity index (χ2v) is 9.37. The Morgan fingerprint density at radius 1 is 1.25 bits per heavy atom. The molecule has 1 saturated carbocycles. The van der Waals surface area contributed by atoms with Crippen LogP contribution in [0.3, 0.4) is 0 Å². The molecule has 0 aromatic carbocycles. The lowest BCUT2D eigenvalue weighted by atomic mass is 9.80. The predicted molar refractivity (Wildman–Crippen MR) is 122 cm³/mol.